The molecule has 1 aromatic heterocycles. The summed E-state index contributed by atoms with van der Waals surface area (Å²) in [5.41, 5.74) is 1.18. The Bertz CT molecular complexity index is 1160. The first-order valence-electron chi connectivity index (χ1n) is 12.2. The maximum atomic E-state index is 13.7. The lowest BCUT2D eigenvalue weighted by molar-refractivity contribution is 0.107. The Morgan fingerprint density at radius 3 is 2.49 bits per heavy atom. The highest BCUT2D eigenvalue weighted by atomic mass is 19.2. The van der Waals surface area contributed by atoms with Gasteiger partial charge in [-0.15, -0.1) is 0 Å². The number of halogens is 3. The smallest absolute Gasteiger partial charge is 0.414 e. The largest absolute Gasteiger partial charge is 0.444 e. The van der Waals surface area contributed by atoms with E-state index in [1.807, 2.05) is 4.68 Å². The Kier molecular flexibility index (Phi) is 5.37. The van der Waals surface area contributed by atoms with Gasteiger partial charge in [0, 0.05) is 17.8 Å². The van der Waals surface area contributed by atoms with Crippen molar-refractivity contribution in [1.29, 1.82) is 0 Å². The number of nitrogens with zero attached hydrogens (tertiary/aromatic N) is 4. The van der Waals surface area contributed by atoms with E-state index in [0.29, 0.717) is 18.2 Å². The number of cyclic esters (lactones) is 1. The second kappa shape index (κ2) is 8.46. The molecule has 2 aliphatic carbocycles. The molecule has 2 aromatic rings. The van der Waals surface area contributed by atoms with E-state index in [4.69, 9.17) is 4.74 Å². The highest BCUT2D eigenvalue weighted by molar-refractivity contribution is 5.92. The molecule has 0 bridgehead atoms. The summed E-state index contributed by atoms with van der Waals surface area (Å²) in [6, 6.07) is 0.751. The average molecular weight is 489 g/mol. The molecule has 4 aliphatic rings. The first-order chi connectivity index (χ1) is 16.9. The van der Waals surface area contributed by atoms with Crippen LogP contribution in [0.5, 0.6) is 0 Å². The number of hydrogen-bond acceptors (Lipinski definition) is 4. The number of carbonyl (C=O) groups excluding carboxylic acids is 2. The number of benzene rings is 1. The molecule has 11 heteroatoms. The first-order valence-corrected chi connectivity index (χ1v) is 12.2. The van der Waals surface area contributed by atoms with Gasteiger partial charge in [-0.1, -0.05) is 12.8 Å². The number of urea groups is 1. The fraction of sp³-hybridized carbons (Fsp3) is 0.542. The van der Waals surface area contributed by atoms with Gasteiger partial charge in [0.2, 0.25) is 0 Å². The molecule has 1 aromatic carbocycles. The van der Waals surface area contributed by atoms with Crippen molar-refractivity contribution >= 4 is 23.5 Å². The first kappa shape index (κ1) is 22.2. The van der Waals surface area contributed by atoms with E-state index in [-0.39, 0.29) is 30.4 Å². The van der Waals surface area contributed by atoms with Crippen LogP contribution in [0, 0.1) is 23.4 Å². The quantitative estimate of drug-likeness (QED) is 0.619. The molecule has 3 amide bonds. The molecule has 3 heterocycles. The summed E-state index contributed by atoms with van der Waals surface area (Å²) in [4.78, 5) is 29.2. The van der Waals surface area contributed by atoms with Gasteiger partial charge in [-0.25, -0.2) is 22.8 Å². The summed E-state index contributed by atoms with van der Waals surface area (Å²) in [6.45, 7) is 0.628. The molecule has 6 rings (SSSR count). The van der Waals surface area contributed by atoms with E-state index in [1.54, 1.807) is 16.0 Å². The van der Waals surface area contributed by atoms with Crippen molar-refractivity contribution < 1.29 is 27.5 Å². The number of carbonyl (C=O) groups is 2. The highest BCUT2D eigenvalue weighted by Crippen LogP contribution is 2.43. The van der Waals surface area contributed by atoms with E-state index in [9.17, 15) is 22.8 Å². The van der Waals surface area contributed by atoms with Crippen molar-refractivity contribution in [2.45, 2.75) is 69.7 Å². The lowest BCUT2D eigenvalue weighted by atomic mass is 10.0. The zero-order valence-electron chi connectivity index (χ0n) is 19.1. The molecule has 8 nitrogen and oxygen atoms in total. The van der Waals surface area contributed by atoms with Crippen molar-refractivity contribution in [2.75, 3.05) is 16.8 Å². The van der Waals surface area contributed by atoms with E-state index >= 15 is 0 Å². The zero-order chi connectivity index (χ0) is 24.3. The second-order valence-corrected chi connectivity index (χ2v) is 9.88. The maximum Gasteiger partial charge on any atom is 0.414 e. The molecule has 0 radical (unpaired) electrons. The normalized spacial score (nSPS) is 26.1. The van der Waals surface area contributed by atoms with E-state index in [2.05, 4.69) is 10.4 Å². The Morgan fingerprint density at radius 2 is 1.74 bits per heavy atom. The molecule has 3 fully saturated rings. The van der Waals surface area contributed by atoms with Gasteiger partial charge in [0.25, 0.3) is 0 Å². The second-order valence-electron chi connectivity index (χ2n) is 9.88. The molecular formula is C24H26F3N5O3. The molecular weight excluding hydrogens is 463 g/mol. The van der Waals surface area contributed by atoms with Gasteiger partial charge in [-0.2, -0.15) is 5.10 Å². The van der Waals surface area contributed by atoms with Crippen LogP contribution in [0.1, 0.15) is 56.7 Å². The van der Waals surface area contributed by atoms with Crippen LogP contribution < -0.4 is 10.2 Å². The van der Waals surface area contributed by atoms with Crippen LogP contribution in [0.3, 0.4) is 0 Å². The SMILES string of the molecule is O=C1OC(C2CCCC2)CN1c1cnn2c1CN(C(=O)Nc1cc(F)c(F)c(F)c1)[C@H]1CCC[C@H]12. The summed E-state index contributed by atoms with van der Waals surface area (Å²) < 4.78 is 48.3. The van der Waals surface area contributed by atoms with Crippen LogP contribution in [-0.4, -0.2) is 45.5 Å². The van der Waals surface area contributed by atoms with Gasteiger partial charge in [0.15, 0.2) is 17.5 Å². The highest BCUT2D eigenvalue weighted by Gasteiger charge is 2.45. The van der Waals surface area contributed by atoms with E-state index < -0.39 is 29.6 Å². The lowest BCUT2D eigenvalue weighted by Crippen LogP contribution is -2.49. The summed E-state index contributed by atoms with van der Waals surface area (Å²) in [7, 11) is 0. The predicted molar refractivity (Wildman–Crippen MR) is 119 cm³/mol. The number of amides is 3. The molecule has 2 saturated carbocycles. The van der Waals surface area contributed by atoms with Crippen LogP contribution in [0.15, 0.2) is 18.3 Å². The Morgan fingerprint density at radius 1 is 1.03 bits per heavy atom. The lowest BCUT2D eigenvalue weighted by Gasteiger charge is -2.38. The number of ether oxygens (including phenoxy) is 1. The average Bonchev–Trinajstić information content (AvgIpc) is 3.62. The minimum absolute atomic E-state index is 0.0656. The number of fused-ring (bicyclic) bond motifs is 3. The third-order valence-electron chi connectivity index (χ3n) is 7.90. The van der Waals surface area contributed by atoms with Crippen molar-refractivity contribution in [1.82, 2.24) is 14.7 Å². The minimum Gasteiger partial charge on any atom is -0.444 e. The van der Waals surface area contributed by atoms with Crippen LogP contribution in [0.4, 0.5) is 34.1 Å². The number of nitrogens with one attached hydrogen (secondary N) is 1. The van der Waals surface area contributed by atoms with Crippen molar-refractivity contribution in [2.24, 2.45) is 5.92 Å². The molecule has 1 unspecified atom stereocenters. The Balaban J connectivity index is 1.26. The van der Waals surface area contributed by atoms with Crippen LogP contribution in [0.2, 0.25) is 0 Å². The van der Waals surface area contributed by atoms with Gasteiger partial charge in [-0.3, -0.25) is 9.58 Å². The topological polar surface area (TPSA) is 79.7 Å². The number of rotatable bonds is 3. The number of hydrogen-bond donors (Lipinski definition) is 1. The van der Waals surface area contributed by atoms with Crippen molar-refractivity contribution in [3.05, 3.63) is 41.5 Å². The number of anilines is 2. The third-order valence-corrected chi connectivity index (χ3v) is 7.90. The molecule has 186 valence electrons. The zero-order valence-corrected chi connectivity index (χ0v) is 19.1. The van der Waals surface area contributed by atoms with E-state index in [0.717, 1.165) is 62.8 Å². The van der Waals surface area contributed by atoms with Gasteiger partial charge in [0.05, 0.1) is 42.8 Å². The summed E-state index contributed by atoms with van der Waals surface area (Å²) in [5.74, 6) is -3.96. The van der Waals surface area contributed by atoms with Crippen LogP contribution >= 0.6 is 0 Å². The monoisotopic (exact) mass is 489 g/mol. The third kappa shape index (κ3) is 3.71. The summed E-state index contributed by atoms with van der Waals surface area (Å²) >= 11 is 0. The van der Waals surface area contributed by atoms with Gasteiger partial charge in [-0.05, 0) is 38.0 Å². The van der Waals surface area contributed by atoms with Gasteiger partial charge >= 0.3 is 12.1 Å². The molecule has 3 atom stereocenters. The van der Waals surface area contributed by atoms with Crippen molar-refractivity contribution in [3.8, 4) is 0 Å². The number of aromatic nitrogens is 2. The summed E-state index contributed by atoms with van der Waals surface area (Å²) in [6.07, 6.45) is 7.99. The van der Waals surface area contributed by atoms with E-state index in [1.165, 1.54) is 0 Å². The fourth-order valence-corrected chi connectivity index (χ4v) is 6.19. The molecule has 1 saturated heterocycles. The molecule has 1 N–H and O–H groups in total. The standard InChI is InChI=1S/C24H26F3N5O3/c25-15-8-14(9-16(26)22(15)27)29-23(33)30-11-20-19(10-28-32(20)18-7-3-6-17(18)30)31-12-21(35-24(31)34)13-4-1-2-5-13/h8-10,13,17-18,21H,1-7,11-12H2,(H,29,33)/t17-,18+,21?/m0/s1. The van der Waals surface area contributed by atoms with Crippen LogP contribution in [-0.2, 0) is 11.3 Å². The minimum atomic E-state index is -1.58. The predicted octanol–water partition coefficient (Wildman–Crippen LogP) is 4.96. The summed E-state index contributed by atoms with van der Waals surface area (Å²) in [5, 5.41) is 7.08. The Hall–Kier alpha value is -3.24. The van der Waals surface area contributed by atoms with Gasteiger partial charge < -0.3 is 15.0 Å². The van der Waals surface area contributed by atoms with Gasteiger partial charge in [0.1, 0.15) is 6.10 Å². The fourth-order valence-electron chi connectivity index (χ4n) is 6.19. The molecule has 35 heavy (non-hydrogen) atoms. The molecule has 2 aliphatic heterocycles. The molecule has 0 spiro atoms. The van der Waals surface area contributed by atoms with Crippen molar-refractivity contribution in [3.63, 3.8) is 0 Å². The Labute approximate surface area is 200 Å². The van der Waals surface area contributed by atoms with Crippen LogP contribution in [0.25, 0.3) is 0 Å². The maximum absolute atomic E-state index is 13.7.